The number of halogens is 1. The summed E-state index contributed by atoms with van der Waals surface area (Å²) in [6.45, 7) is 7.37. The van der Waals surface area contributed by atoms with E-state index in [1.165, 1.54) is 18.4 Å². The zero-order valence-electron chi connectivity index (χ0n) is 16.4. The lowest BCUT2D eigenvalue weighted by Crippen LogP contribution is -2.45. The molecule has 1 fully saturated rings. The Kier molecular flexibility index (Phi) is 11.0. The third-order valence-corrected chi connectivity index (χ3v) is 4.52. The van der Waals surface area contributed by atoms with E-state index in [0.29, 0.717) is 18.5 Å². The van der Waals surface area contributed by atoms with Crippen LogP contribution in [-0.2, 0) is 11.3 Å². The molecule has 1 atom stereocenters. The maximum absolute atomic E-state index is 11.8. The Bertz CT molecular complexity index is 606. The molecule has 2 N–H and O–H groups in total. The zero-order valence-corrected chi connectivity index (χ0v) is 18.7. The SMILES string of the molecule is C=CCNC(=NCC(=O)N(C)C)NCC1CCCN1Cc1ccccc1.I. The number of likely N-dealkylation sites (N-methyl/N-ethyl adjacent to an activating group) is 1. The van der Waals surface area contributed by atoms with Gasteiger partial charge >= 0.3 is 0 Å². The van der Waals surface area contributed by atoms with E-state index in [1.54, 1.807) is 25.1 Å². The van der Waals surface area contributed by atoms with E-state index in [1.807, 2.05) is 0 Å². The molecule has 27 heavy (non-hydrogen) atoms. The molecular weight excluding hydrogens is 453 g/mol. The molecule has 2 rings (SSSR count). The van der Waals surface area contributed by atoms with Gasteiger partial charge in [0.05, 0.1) is 0 Å². The quantitative estimate of drug-likeness (QED) is 0.256. The highest BCUT2D eigenvalue weighted by Crippen LogP contribution is 2.19. The van der Waals surface area contributed by atoms with Crippen LogP contribution in [0.4, 0.5) is 0 Å². The number of nitrogens with one attached hydrogen (secondary N) is 2. The summed E-state index contributed by atoms with van der Waals surface area (Å²) in [6.07, 6.45) is 4.16. The van der Waals surface area contributed by atoms with Gasteiger partial charge in [-0.1, -0.05) is 36.4 Å². The van der Waals surface area contributed by atoms with E-state index in [2.05, 4.69) is 57.4 Å². The van der Waals surface area contributed by atoms with E-state index in [-0.39, 0.29) is 36.4 Å². The van der Waals surface area contributed by atoms with Crippen LogP contribution in [-0.4, -0.2) is 68.0 Å². The van der Waals surface area contributed by atoms with Gasteiger partial charge in [-0.05, 0) is 24.9 Å². The maximum atomic E-state index is 11.8. The number of aliphatic imine (C=N–C) groups is 1. The van der Waals surface area contributed by atoms with Crippen LogP contribution in [0, 0.1) is 0 Å². The van der Waals surface area contributed by atoms with Gasteiger partial charge in [-0.25, -0.2) is 4.99 Å². The number of guanidine groups is 1. The predicted octanol–water partition coefficient (Wildman–Crippen LogP) is 2.08. The number of carbonyl (C=O) groups is 1. The van der Waals surface area contributed by atoms with Gasteiger partial charge < -0.3 is 15.5 Å². The van der Waals surface area contributed by atoms with Crippen LogP contribution in [0.5, 0.6) is 0 Å². The van der Waals surface area contributed by atoms with Gasteiger partial charge in [-0.3, -0.25) is 9.69 Å². The highest BCUT2D eigenvalue weighted by atomic mass is 127. The summed E-state index contributed by atoms with van der Waals surface area (Å²) in [7, 11) is 3.48. The Hall–Kier alpha value is -1.61. The second-order valence-electron chi connectivity index (χ2n) is 6.76. The van der Waals surface area contributed by atoms with Crippen molar-refractivity contribution >= 4 is 35.8 Å². The Labute approximate surface area is 180 Å². The number of carbonyl (C=O) groups excluding carboxylic acids is 1. The molecule has 0 radical (unpaired) electrons. The number of hydrogen-bond donors (Lipinski definition) is 2. The molecule has 7 heteroatoms. The predicted molar refractivity (Wildman–Crippen MR) is 122 cm³/mol. The highest BCUT2D eigenvalue weighted by molar-refractivity contribution is 14.0. The maximum Gasteiger partial charge on any atom is 0.243 e. The van der Waals surface area contributed by atoms with E-state index in [0.717, 1.165) is 19.6 Å². The number of likely N-dealkylation sites (tertiary alicyclic amines) is 1. The van der Waals surface area contributed by atoms with Crippen molar-refractivity contribution in [3.63, 3.8) is 0 Å². The molecule has 1 saturated heterocycles. The van der Waals surface area contributed by atoms with Gasteiger partial charge in [0.2, 0.25) is 5.91 Å². The van der Waals surface area contributed by atoms with E-state index in [9.17, 15) is 4.79 Å². The van der Waals surface area contributed by atoms with Crippen molar-refractivity contribution < 1.29 is 4.79 Å². The minimum atomic E-state index is -0.0173. The first-order chi connectivity index (χ1) is 12.6. The first kappa shape index (κ1) is 23.4. The topological polar surface area (TPSA) is 60.0 Å². The van der Waals surface area contributed by atoms with Gasteiger partial charge in [0, 0.05) is 39.8 Å². The fourth-order valence-corrected chi connectivity index (χ4v) is 3.00. The second-order valence-corrected chi connectivity index (χ2v) is 6.76. The molecule has 0 saturated carbocycles. The molecule has 6 nitrogen and oxygen atoms in total. The molecule has 1 heterocycles. The molecule has 0 aliphatic carbocycles. The summed E-state index contributed by atoms with van der Waals surface area (Å²) in [5.74, 6) is 0.642. The van der Waals surface area contributed by atoms with Crippen LogP contribution in [0.2, 0.25) is 0 Å². The van der Waals surface area contributed by atoms with Crippen LogP contribution in [0.25, 0.3) is 0 Å². The molecule has 1 aromatic carbocycles. The van der Waals surface area contributed by atoms with Crippen molar-refractivity contribution in [2.24, 2.45) is 4.99 Å². The van der Waals surface area contributed by atoms with E-state index >= 15 is 0 Å². The molecule has 1 unspecified atom stereocenters. The minimum absolute atomic E-state index is 0. The van der Waals surface area contributed by atoms with Crippen LogP contribution in [0.15, 0.2) is 48.0 Å². The molecule has 0 aromatic heterocycles. The third-order valence-electron chi connectivity index (χ3n) is 4.52. The summed E-state index contributed by atoms with van der Waals surface area (Å²) in [5, 5.41) is 6.57. The molecule has 1 amide bonds. The van der Waals surface area contributed by atoms with Crippen molar-refractivity contribution in [2.75, 3.05) is 40.3 Å². The third kappa shape index (κ3) is 8.30. The molecule has 0 bridgehead atoms. The van der Waals surface area contributed by atoms with Crippen molar-refractivity contribution in [1.29, 1.82) is 0 Å². The van der Waals surface area contributed by atoms with Gasteiger partial charge in [0.15, 0.2) is 5.96 Å². The van der Waals surface area contributed by atoms with E-state index < -0.39 is 0 Å². The Morgan fingerprint density at radius 3 is 2.74 bits per heavy atom. The summed E-state index contributed by atoms with van der Waals surface area (Å²) < 4.78 is 0. The number of benzene rings is 1. The van der Waals surface area contributed by atoms with Crippen molar-refractivity contribution in [2.45, 2.75) is 25.4 Å². The van der Waals surface area contributed by atoms with Crippen LogP contribution >= 0.6 is 24.0 Å². The molecule has 1 aromatic rings. The second kappa shape index (κ2) is 12.7. The number of rotatable bonds is 8. The fourth-order valence-electron chi connectivity index (χ4n) is 3.00. The lowest BCUT2D eigenvalue weighted by atomic mass is 10.2. The number of nitrogens with zero attached hydrogens (tertiary/aromatic N) is 3. The highest BCUT2D eigenvalue weighted by Gasteiger charge is 2.24. The summed E-state index contributed by atoms with van der Waals surface area (Å²) in [5.41, 5.74) is 1.34. The lowest BCUT2D eigenvalue weighted by Gasteiger charge is -2.25. The monoisotopic (exact) mass is 485 g/mol. The van der Waals surface area contributed by atoms with Crippen molar-refractivity contribution in [3.8, 4) is 0 Å². The van der Waals surface area contributed by atoms with Gasteiger partial charge in [-0.2, -0.15) is 0 Å². The molecule has 1 aliphatic heterocycles. The summed E-state index contributed by atoms with van der Waals surface area (Å²) >= 11 is 0. The Balaban J connectivity index is 0.00000364. The minimum Gasteiger partial charge on any atom is -0.355 e. The largest absolute Gasteiger partial charge is 0.355 e. The van der Waals surface area contributed by atoms with Crippen LogP contribution in [0.1, 0.15) is 18.4 Å². The standard InChI is InChI=1S/C20H31N5O.HI/c1-4-12-21-20(23-15-19(26)24(2)3)22-14-18-11-8-13-25(18)16-17-9-6-5-7-10-17;/h4-7,9-10,18H,1,8,11-16H2,2-3H3,(H2,21,22,23);1H. The Morgan fingerprint density at radius 2 is 2.07 bits per heavy atom. The molecule has 0 spiro atoms. The first-order valence-electron chi connectivity index (χ1n) is 9.21. The fraction of sp³-hybridized carbons (Fsp3) is 0.500. The zero-order chi connectivity index (χ0) is 18.8. The van der Waals surface area contributed by atoms with Crippen LogP contribution < -0.4 is 10.6 Å². The average Bonchev–Trinajstić information content (AvgIpc) is 3.08. The molecular formula is C20H32IN5O. The number of hydrogen-bond acceptors (Lipinski definition) is 3. The van der Waals surface area contributed by atoms with Gasteiger partial charge in [0.25, 0.3) is 0 Å². The van der Waals surface area contributed by atoms with Crippen molar-refractivity contribution in [3.05, 3.63) is 48.6 Å². The molecule has 150 valence electrons. The van der Waals surface area contributed by atoms with Crippen LogP contribution in [0.3, 0.4) is 0 Å². The Morgan fingerprint density at radius 1 is 1.33 bits per heavy atom. The van der Waals surface area contributed by atoms with E-state index in [4.69, 9.17) is 0 Å². The number of amides is 1. The van der Waals surface area contributed by atoms with Crippen molar-refractivity contribution in [1.82, 2.24) is 20.4 Å². The molecule has 1 aliphatic rings. The lowest BCUT2D eigenvalue weighted by molar-refractivity contribution is -0.127. The van der Waals surface area contributed by atoms with Gasteiger partial charge in [-0.15, -0.1) is 30.6 Å². The first-order valence-corrected chi connectivity index (χ1v) is 9.21. The smallest absolute Gasteiger partial charge is 0.243 e. The normalized spacial score (nSPS) is 17.1. The summed E-state index contributed by atoms with van der Waals surface area (Å²) in [4.78, 5) is 20.2. The average molecular weight is 485 g/mol. The summed E-state index contributed by atoms with van der Waals surface area (Å²) in [6, 6.07) is 11.0. The van der Waals surface area contributed by atoms with Gasteiger partial charge in [0.1, 0.15) is 6.54 Å².